The molecule has 0 amide bonds. The Balaban J connectivity index is 1.40. The average molecular weight is 693 g/mol. The van der Waals surface area contributed by atoms with Crippen molar-refractivity contribution in [3.8, 4) is 0 Å². The number of fused-ring (bicyclic) bond motifs is 9. The molecular weight excluding hydrogens is 648 g/mol. The second-order valence-electron chi connectivity index (χ2n) is 16.7. The van der Waals surface area contributed by atoms with Crippen LogP contribution in [-0.2, 0) is 52.4 Å². The van der Waals surface area contributed by atoms with E-state index < -0.39 is 147 Å². The van der Waals surface area contributed by atoms with Crippen LogP contribution in [-0.4, -0.2) is 116 Å². The summed E-state index contributed by atoms with van der Waals surface area (Å²) in [7, 11) is 0. The molecule has 3 saturated heterocycles. The Bertz CT molecular complexity index is 1590. The molecule has 3 heterocycles. The first-order valence-corrected chi connectivity index (χ1v) is 17.0. The highest BCUT2D eigenvalue weighted by molar-refractivity contribution is 5.94. The molecule has 270 valence electrons. The molecule has 15 heteroatoms. The zero-order valence-electron chi connectivity index (χ0n) is 28.6. The predicted molar refractivity (Wildman–Crippen MR) is 157 cm³/mol. The molecule has 0 aromatic carbocycles. The average Bonchev–Trinajstić information content (AvgIpc) is 3.89. The van der Waals surface area contributed by atoms with Gasteiger partial charge >= 0.3 is 23.9 Å². The van der Waals surface area contributed by atoms with Crippen molar-refractivity contribution in [1.82, 2.24) is 0 Å². The highest BCUT2D eigenvalue weighted by Gasteiger charge is 2.93. The molecule has 15 nitrogen and oxygen atoms in total. The summed E-state index contributed by atoms with van der Waals surface area (Å²) in [5, 5.41) is 49.2. The summed E-state index contributed by atoms with van der Waals surface area (Å²) in [5.41, 5.74) is -9.29. The van der Waals surface area contributed by atoms with E-state index in [4.69, 9.17) is 28.4 Å². The normalized spacial score (nSPS) is 60.2. The summed E-state index contributed by atoms with van der Waals surface area (Å²) in [6.45, 7) is 11.5. The fraction of sp³-hybridized carbons (Fsp3) is 0.853. The minimum absolute atomic E-state index is 0.245. The summed E-state index contributed by atoms with van der Waals surface area (Å²) in [5.74, 6) is -11.6. The van der Waals surface area contributed by atoms with E-state index in [1.165, 1.54) is 27.7 Å². The zero-order valence-corrected chi connectivity index (χ0v) is 28.6. The molecule has 3 aliphatic heterocycles. The van der Waals surface area contributed by atoms with Crippen molar-refractivity contribution < 1.29 is 72.8 Å². The molecule has 0 radical (unpaired) electrons. The summed E-state index contributed by atoms with van der Waals surface area (Å²) in [6.07, 6.45) is -9.85. The number of epoxide rings is 2. The quantitative estimate of drug-likeness (QED) is 0.161. The number of hydrogen-bond acceptors (Lipinski definition) is 15. The lowest BCUT2D eigenvalue weighted by Gasteiger charge is -2.67. The van der Waals surface area contributed by atoms with Gasteiger partial charge in [0.15, 0.2) is 11.4 Å². The van der Waals surface area contributed by atoms with Crippen LogP contribution >= 0.6 is 0 Å². The first kappa shape index (κ1) is 33.5. The third kappa shape index (κ3) is 3.43. The largest absolute Gasteiger partial charge is 0.459 e. The van der Waals surface area contributed by atoms with E-state index >= 15 is 0 Å². The second-order valence-corrected chi connectivity index (χ2v) is 16.7. The Kier molecular flexibility index (Phi) is 6.41. The van der Waals surface area contributed by atoms with E-state index in [0.717, 1.165) is 6.92 Å². The van der Waals surface area contributed by atoms with E-state index in [9.17, 15) is 44.4 Å². The molecule has 5 aliphatic carbocycles. The number of aliphatic hydroxyl groups excluding tert-OH is 2. The molecule has 8 rings (SSSR count). The van der Waals surface area contributed by atoms with Gasteiger partial charge in [-0.3, -0.25) is 19.2 Å². The molecule has 4 N–H and O–H groups in total. The summed E-state index contributed by atoms with van der Waals surface area (Å²) < 4.78 is 35.7. The van der Waals surface area contributed by atoms with Crippen molar-refractivity contribution in [3.05, 3.63) is 0 Å². The molecule has 0 aromatic rings. The van der Waals surface area contributed by atoms with Gasteiger partial charge in [0.25, 0.3) is 0 Å². The third-order valence-corrected chi connectivity index (χ3v) is 14.9. The summed E-state index contributed by atoms with van der Waals surface area (Å²) in [4.78, 5) is 66.3. The number of rotatable bonds is 3. The highest BCUT2D eigenvalue weighted by Crippen LogP contribution is 2.80. The first-order valence-electron chi connectivity index (χ1n) is 17.0. The molecule has 0 unspecified atom stereocenters. The van der Waals surface area contributed by atoms with E-state index in [1.54, 1.807) is 13.8 Å². The first-order chi connectivity index (χ1) is 22.6. The Morgan fingerprint density at radius 3 is 2.02 bits per heavy atom. The van der Waals surface area contributed by atoms with E-state index in [2.05, 4.69) is 0 Å². The van der Waals surface area contributed by atoms with Crippen LogP contribution in [0.25, 0.3) is 0 Å². The van der Waals surface area contributed by atoms with Gasteiger partial charge in [-0.15, -0.1) is 0 Å². The van der Waals surface area contributed by atoms with Crippen LogP contribution in [0.1, 0.15) is 61.8 Å². The number of esters is 4. The molecular formula is C34H44O15. The van der Waals surface area contributed by atoms with Crippen LogP contribution < -0.4 is 0 Å². The molecule has 0 aromatic heterocycles. The van der Waals surface area contributed by atoms with Gasteiger partial charge in [0.1, 0.15) is 42.2 Å². The Morgan fingerprint density at radius 2 is 1.43 bits per heavy atom. The van der Waals surface area contributed by atoms with Crippen molar-refractivity contribution >= 4 is 29.7 Å². The number of aliphatic hydroxyl groups is 4. The van der Waals surface area contributed by atoms with E-state index in [-0.39, 0.29) is 6.42 Å². The Labute approximate surface area is 281 Å². The number of Topliss-reactive ketones (excluding diaryl/α,β-unsaturated/α-hetero) is 1. The monoisotopic (exact) mass is 692 g/mol. The summed E-state index contributed by atoms with van der Waals surface area (Å²) in [6, 6.07) is 0. The lowest BCUT2D eigenvalue weighted by Crippen LogP contribution is -2.80. The van der Waals surface area contributed by atoms with Crippen LogP contribution in [0.4, 0.5) is 0 Å². The summed E-state index contributed by atoms with van der Waals surface area (Å²) >= 11 is 0. The van der Waals surface area contributed by atoms with Gasteiger partial charge in [-0.05, 0) is 25.7 Å². The van der Waals surface area contributed by atoms with Crippen molar-refractivity contribution in [1.29, 1.82) is 0 Å². The van der Waals surface area contributed by atoms with Crippen molar-refractivity contribution in [3.63, 3.8) is 0 Å². The van der Waals surface area contributed by atoms with Crippen LogP contribution in [0.3, 0.4) is 0 Å². The Morgan fingerprint density at radius 1 is 0.837 bits per heavy atom. The SMILES string of the molecule is CC(=O)O[C@H]1[C@H]2[C@H]([C@@H]3[C@@H](O)[C@@H]4[C@H]([C@H](C)[C@@H]5O[C@@]56OC(=O)[C@@](C)(O)[C@]46C)[C@@]3(C)[C@H]1OC(C)=O)[C@@H](O)C(=O)[C@@]1(O)C[C@@H]3O[C@@H]3[C@H](OC(C)=O)[C@]21C. The molecule has 5 saturated carbocycles. The molecule has 49 heavy (non-hydrogen) atoms. The predicted octanol–water partition coefficient (Wildman–Crippen LogP) is -0.832. The van der Waals surface area contributed by atoms with Crippen molar-refractivity contribution in [2.75, 3.05) is 0 Å². The standard InChI is InChI=1S/C34H44O15/c1-10-16-19(31(7)32(8,42)28(41)49-34(31)25(10)48-34)21(39)17-15-18(23(44-11(2)35)26(29(16,17)5)45-12(3)36)30(6)27(46-13(4)37)22-14(47-22)9-33(30,43)24(40)20(15)38/h10,14-23,25-27,38-39,42-43H,9H2,1-8H3/t10-,14-,15-,16-,17+,18+,19-,20+,21+,22-,23-,25-,26-,27-,29+,30-,31-,32+,33-,34+/m0/s1. The maximum atomic E-state index is 14.5. The maximum absolute atomic E-state index is 14.5. The van der Waals surface area contributed by atoms with E-state index in [0.29, 0.717) is 0 Å². The molecule has 20 atom stereocenters. The minimum atomic E-state index is -2.36. The number of ether oxygens (including phenoxy) is 6. The molecule has 1 spiro atoms. The second kappa shape index (κ2) is 9.39. The fourth-order valence-corrected chi connectivity index (χ4v) is 12.9. The van der Waals surface area contributed by atoms with Crippen LogP contribution in [0.2, 0.25) is 0 Å². The molecule has 8 aliphatic rings. The molecule has 8 fully saturated rings. The lowest BCUT2D eigenvalue weighted by atomic mass is 9.39. The lowest BCUT2D eigenvalue weighted by molar-refractivity contribution is -0.297. The van der Waals surface area contributed by atoms with Gasteiger partial charge < -0.3 is 48.8 Å². The van der Waals surface area contributed by atoms with E-state index in [1.807, 2.05) is 6.92 Å². The number of carbonyl (C=O) groups is 5. The van der Waals surface area contributed by atoms with Gasteiger partial charge in [0.05, 0.1) is 23.0 Å². The van der Waals surface area contributed by atoms with Crippen LogP contribution in [0.5, 0.6) is 0 Å². The number of carbonyl (C=O) groups excluding carboxylic acids is 5. The highest BCUT2D eigenvalue weighted by atomic mass is 16.8. The smallest absolute Gasteiger partial charge is 0.341 e. The Hall–Kier alpha value is -2.69. The minimum Gasteiger partial charge on any atom is -0.459 e. The van der Waals surface area contributed by atoms with Crippen LogP contribution in [0, 0.1) is 51.8 Å². The topological polar surface area (TPSA) is 228 Å². The van der Waals surface area contributed by atoms with Gasteiger partial charge in [0.2, 0.25) is 5.79 Å². The van der Waals surface area contributed by atoms with Gasteiger partial charge in [-0.25, -0.2) is 4.79 Å². The van der Waals surface area contributed by atoms with Gasteiger partial charge in [0, 0.05) is 56.3 Å². The van der Waals surface area contributed by atoms with Crippen molar-refractivity contribution in [2.24, 2.45) is 51.8 Å². The fourth-order valence-electron chi connectivity index (χ4n) is 12.9. The maximum Gasteiger partial charge on any atom is 0.341 e. The zero-order chi connectivity index (χ0) is 35.9. The van der Waals surface area contributed by atoms with Gasteiger partial charge in [-0.1, -0.05) is 20.8 Å². The third-order valence-electron chi connectivity index (χ3n) is 14.9. The number of ketones is 1. The molecule has 0 bridgehead atoms. The van der Waals surface area contributed by atoms with Crippen molar-refractivity contribution in [2.45, 2.75) is 128 Å². The van der Waals surface area contributed by atoms with Crippen LogP contribution in [0.15, 0.2) is 0 Å². The van der Waals surface area contributed by atoms with Gasteiger partial charge in [-0.2, -0.15) is 0 Å². The number of hydrogen-bond donors (Lipinski definition) is 4.